The molecule has 120 valence electrons. The number of hydrogen-bond donors (Lipinski definition) is 5. The predicted molar refractivity (Wildman–Crippen MR) is 79.3 cm³/mol. The highest BCUT2D eigenvalue weighted by atomic mass is 16.3. The first-order chi connectivity index (χ1) is 10.6. The van der Waals surface area contributed by atoms with Crippen LogP contribution in [0.1, 0.15) is 24.9 Å². The van der Waals surface area contributed by atoms with E-state index in [4.69, 9.17) is 0 Å². The van der Waals surface area contributed by atoms with E-state index in [2.05, 4.69) is 15.0 Å². The van der Waals surface area contributed by atoms with E-state index >= 15 is 0 Å². The molecule has 1 aliphatic rings. The number of aliphatic hydroxyl groups excluding tert-OH is 3. The van der Waals surface area contributed by atoms with Gasteiger partial charge in [0.2, 0.25) is 0 Å². The van der Waals surface area contributed by atoms with Gasteiger partial charge in [0.15, 0.2) is 0 Å². The van der Waals surface area contributed by atoms with Crippen LogP contribution in [0.2, 0.25) is 0 Å². The Bertz CT molecular complexity index is 712. The monoisotopic (exact) mass is 308 g/mol. The standard InChI is InChI=1S/C14H20N4O4/c1-2-3-18-8(5-19)12(20)13(21)11(18)7-4-15-10-9(7)16-6-17-14(10)22/h4,6,8,11-13,15,19-21H,2-3,5H2,1H3,(H,16,17,22)/t8-,11+,12-,13+/m1/s1. The average Bonchev–Trinajstić information content (AvgIpc) is 3.02. The molecule has 0 amide bonds. The zero-order valence-electron chi connectivity index (χ0n) is 12.2. The van der Waals surface area contributed by atoms with Gasteiger partial charge in [-0.1, -0.05) is 6.92 Å². The van der Waals surface area contributed by atoms with Gasteiger partial charge in [0.05, 0.1) is 31.1 Å². The molecular weight excluding hydrogens is 288 g/mol. The quantitative estimate of drug-likeness (QED) is 0.498. The summed E-state index contributed by atoms with van der Waals surface area (Å²) in [6.07, 6.45) is 1.66. The van der Waals surface area contributed by atoms with Crippen LogP contribution in [0.5, 0.6) is 0 Å². The third kappa shape index (κ3) is 2.15. The van der Waals surface area contributed by atoms with Gasteiger partial charge in [-0.05, 0) is 13.0 Å². The maximum absolute atomic E-state index is 11.8. The number of aromatic amines is 2. The van der Waals surface area contributed by atoms with Crippen molar-refractivity contribution in [3.05, 3.63) is 28.4 Å². The highest BCUT2D eigenvalue weighted by Gasteiger charge is 2.48. The molecule has 22 heavy (non-hydrogen) atoms. The van der Waals surface area contributed by atoms with Gasteiger partial charge < -0.3 is 25.3 Å². The molecule has 0 aliphatic carbocycles. The molecule has 4 atom stereocenters. The number of aliphatic hydroxyl groups is 3. The van der Waals surface area contributed by atoms with Crippen molar-refractivity contribution in [2.75, 3.05) is 13.2 Å². The minimum atomic E-state index is -1.05. The molecule has 0 unspecified atom stereocenters. The van der Waals surface area contributed by atoms with Crippen LogP contribution < -0.4 is 5.56 Å². The fourth-order valence-electron chi connectivity index (χ4n) is 3.35. The van der Waals surface area contributed by atoms with E-state index in [0.717, 1.165) is 6.42 Å². The summed E-state index contributed by atoms with van der Waals surface area (Å²) in [7, 11) is 0. The summed E-state index contributed by atoms with van der Waals surface area (Å²) in [5.74, 6) is 0. The van der Waals surface area contributed by atoms with Crippen LogP contribution in [-0.4, -0.2) is 66.6 Å². The molecule has 0 saturated carbocycles. The summed E-state index contributed by atoms with van der Waals surface area (Å²) in [5, 5.41) is 30.2. The summed E-state index contributed by atoms with van der Waals surface area (Å²) < 4.78 is 0. The Labute approximate surface area is 126 Å². The first kappa shape index (κ1) is 15.2. The third-order valence-electron chi connectivity index (χ3n) is 4.34. The molecule has 1 saturated heterocycles. The van der Waals surface area contributed by atoms with Gasteiger partial charge in [-0.2, -0.15) is 0 Å². The maximum Gasteiger partial charge on any atom is 0.275 e. The second-order valence-electron chi connectivity index (χ2n) is 5.61. The van der Waals surface area contributed by atoms with Gasteiger partial charge in [0, 0.05) is 11.8 Å². The minimum absolute atomic E-state index is 0.245. The molecule has 0 bridgehead atoms. The molecule has 1 aliphatic heterocycles. The molecule has 2 aromatic rings. The van der Waals surface area contributed by atoms with E-state index in [-0.39, 0.29) is 12.2 Å². The van der Waals surface area contributed by atoms with Crippen molar-refractivity contribution in [1.82, 2.24) is 19.9 Å². The van der Waals surface area contributed by atoms with Gasteiger partial charge >= 0.3 is 0 Å². The lowest BCUT2D eigenvalue weighted by Crippen LogP contribution is -2.39. The van der Waals surface area contributed by atoms with E-state index < -0.39 is 24.3 Å². The zero-order valence-corrected chi connectivity index (χ0v) is 12.2. The van der Waals surface area contributed by atoms with E-state index in [0.29, 0.717) is 23.1 Å². The third-order valence-corrected chi connectivity index (χ3v) is 4.34. The van der Waals surface area contributed by atoms with Crippen molar-refractivity contribution in [3.63, 3.8) is 0 Å². The molecule has 2 aromatic heterocycles. The number of nitrogens with one attached hydrogen (secondary N) is 2. The fraction of sp³-hybridized carbons (Fsp3) is 0.571. The lowest BCUT2D eigenvalue weighted by Gasteiger charge is -2.28. The van der Waals surface area contributed by atoms with Crippen LogP contribution in [0.4, 0.5) is 0 Å². The smallest absolute Gasteiger partial charge is 0.275 e. The van der Waals surface area contributed by atoms with E-state index in [1.165, 1.54) is 6.33 Å². The number of hydrogen-bond acceptors (Lipinski definition) is 6. The number of nitrogens with zero attached hydrogens (tertiary/aromatic N) is 2. The topological polar surface area (TPSA) is 125 Å². The highest BCUT2D eigenvalue weighted by molar-refractivity contribution is 5.78. The number of fused-ring (bicyclic) bond motifs is 1. The Balaban J connectivity index is 2.10. The Kier molecular flexibility index (Phi) is 4.00. The van der Waals surface area contributed by atoms with Crippen molar-refractivity contribution in [2.24, 2.45) is 0 Å². The van der Waals surface area contributed by atoms with Gasteiger partial charge in [-0.15, -0.1) is 0 Å². The summed E-state index contributed by atoms with van der Waals surface area (Å²) >= 11 is 0. The normalized spacial score (nSPS) is 29.5. The molecule has 8 heteroatoms. The Morgan fingerprint density at radius 2 is 2.09 bits per heavy atom. The lowest BCUT2D eigenvalue weighted by atomic mass is 10.0. The maximum atomic E-state index is 11.8. The summed E-state index contributed by atoms with van der Waals surface area (Å²) in [4.78, 5) is 23.2. The summed E-state index contributed by atoms with van der Waals surface area (Å²) in [6.45, 7) is 2.35. The van der Waals surface area contributed by atoms with Crippen LogP contribution in [0, 0.1) is 0 Å². The first-order valence-electron chi connectivity index (χ1n) is 7.37. The number of likely N-dealkylation sites (tertiary alicyclic amines) is 1. The fourth-order valence-corrected chi connectivity index (χ4v) is 3.35. The highest BCUT2D eigenvalue weighted by Crippen LogP contribution is 2.38. The molecule has 0 spiro atoms. The lowest BCUT2D eigenvalue weighted by molar-refractivity contribution is 0.0179. The van der Waals surface area contributed by atoms with Crippen molar-refractivity contribution < 1.29 is 15.3 Å². The number of aromatic nitrogens is 3. The van der Waals surface area contributed by atoms with E-state index in [1.54, 1.807) is 6.20 Å². The van der Waals surface area contributed by atoms with Crippen molar-refractivity contribution in [3.8, 4) is 0 Å². The van der Waals surface area contributed by atoms with Crippen LogP contribution >= 0.6 is 0 Å². The van der Waals surface area contributed by atoms with Crippen LogP contribution in [-0.2, 0) is 0 Å². The Hall–Kier alpha value is -1.74. The minimum Gasteiger partial charge on any atom is -0.395 e. The molecule has 3 heterocycles. The summed E-state index contributed by atoms with van der Waals surface area (Å²) in [5.41, 5.74) is 1.17. The van der Waals surface area contributed by atoms with E-state index in [1.807, 2.05) is 11.8 Å². The van der Waals surface area contributed by atoms with Gasteiger partial charge in [0.25, 0.3) is 5.56 Å². The molecule has 1 fully saturated rings. The van der Waals surface area contributed by atoms with Gasteiger partial charge in [-0.25, -0.2) is 4.98 Å². The van der Waals surface area contributed by atoms with Gasteiger partial charge in [0.1, 0.15) is 17.1 Å². The molecular formula is C14H20N4O4. The first-order valence-corrected chi connectivity index (χ1v) is 7.37. The Morgan fingerprint density at radius 3 is 2.77 bits per heavy atom. The van der Waals surface area contributed by atoms with Crippen molar-refractivity contribution in [2.45, 2.75) is 37.6 Å². The Morgan fingerprint density at radius 1 is 1.32 bits per heavy atom. The zero-order chi connectivity index (χ0) is 15.9. The van der Waals surface area contributed by atoms with Crippen LogP contribution in [0.25, 0.3) is 11.0 Å². The number of H-pyrrole nitrogens is 2. The summed E-state index contributed by atoms with van der Waals surface area (Å²) in [6, 6.07) is -1.05. The van der Waals surface area contributed by atoms with Crippen molar-refractivity contribution >= 4 is 11.0 Å². The SMILES string of the molecule is CCCN1[C@H](CO)[C@@H](O)[C@@H](O)[C@@H]1c1c[nH]c2c(=O)[nH]cnc12. The van der Waals surface area contributed by atoms with E-state index in [9.17, 15) is 20.1 Å². The molecule has 0 radical (unpaired) electrons. The second-order valence-corrected chi connectivity index (χ2v) is 5.61. The average molecular weight is 308 g/mol. The largest absolute Gasteiger partial charge is 0.395 e. The predicted octanol–water partition coefficient (Wildman–Crippen LogP) is -0.899. The number of rotatable bonds is 4. The molecule has 0 aromatic carbocycles. The molecule has 8 nitrogen and oxygen atoms in total. The molecule has 5 N–H and O–H groups in total. The van der Waals surface area contributed by atoms with Crippen LogP contribution in [0.15, 0.2) is 17.3 Å². The second kappa shape index (κ2) is 5.81. The van der Waals surface area contributed by atoms with Crippen LogP contribution in [0.3, 0.4) is 0 Å². The molecule has 3 rings (SSSR count). The van der Waals surface area contributed by atoms with Crippen molar-refractivity contribution in [1.29, 1.82) is 0 Å². The van der Waals surface area contributed by atoms with Gasteiger partial charge in [-0.3, -0.25) is 9.69 Å².